The van der Waals surface area contributed by atoms with E-state index in [1.54, 1.807) is 6.07 Å². The zero-order valence-corrected chi connectivity index (χ0v) is 11.5. The Kier molecular flexibility index (Phi) is 3.85. The first-order valence-electron chi connectivity index (χ1n) is 6.40. The number of hydrogen-bond acceptors (Lipinski definition) is 4. The number of carbonyl (C=O) groups is 1. The van der Waals surface area contributed by atoms with Gasteiger partial charge in [-0.25, -0.2) is 4.39 Å². The molecular weight excluding hydrogens is 265 g/mol. The molecule has 1 aromatic carbocycles. The molecule has 0 fully saturated rings. The molecule has 1 aliphatic heterocycles. The third-order valence-corrected chi connectivity index (χ3v) is 3.27. The molecule has 0 aromatic heterocycles. The maximum Gasteiger partial charge on any atom is 0.312 e. The van der Waals surface area contributed by atoms with Crippen LogP contribution in [0.3, 0.4) is 0 Å². The molecule has 1 aliphatic rings. The van der Waals surface area contributed by atoms with Gasteiger partial charge in [-0.2, -0.15) is 0 Å². The van der Waals surface area contributed by atoms with Crippen LogP contribution in [0.5, 0.6) is 11.5 Å². The van der Waals surface area contributed by atoms with Crippen molar-refractivity contribution in [3.8, 4) is 11.5 Å². The number of ether oxygens (including phenoxy) is 2. The highest BCUT2D eigenvalue weighted by molar-refractivity contribution is 5.78. The maximum absolute atomic E-state index is 14.2. The average Bonchev–Trinajstić information content (AvgIpc) is 2.37. The Balaban J connectivity index is 2.61. The number of fused-ring (bicyclic) bond motifs is 1. The quantitative estimate of drug-likeness (QED) is 0.880. The van der Waals surface area contributed by atoms with Crippen molar-refractivity contribution in [2.24, 2.45) is 5.73 Å². The van der Waals surface area contributed by atoms with Crippen molar-refractivity contribution < 1.29 is 23.8 Å². The van der Waals surface area contributed by atoms with E-state index < -0.39 is 17.6 Å². The van der Waals surface area contributed by atoms with Crippen molar-refractivity contribution in [3.63, 3.8) is 0 Å². The first-order chi connectivity index (χ1) is 9.34. The minimum Gasteiger partial charge on any atom is -0.486 e. The van der Waals surface area contributed by atoms with E-state index in [1.165, 1.54) is 19.9 Å². The molecule has 2 rings (SSSR count). The third-order valence-electron chi connectivity index (χ3n) is 3.27. The van der Waals surface area contributed by atoms with E-state index >= 15 is 0 Å². The topological polar surface area (TPSA) is 81.8 Å². The Morgan fingerprint density at radius 3 is 2.65 bits per heavy atom. The van der Waals surface area contributed by atoms with Gasteiger partial charge in [0.25, 0.3) is 0 Å². The normalized spacial score (nSPS) is 15.8. The van der Waals surface area contributed by atoms with E-state index in [1.807, 2.05) is 0 Å². The lowest BCUT2D eigenvalue weighted by atomic mass is 9.91. The average molecular weight is 283 g/mol. The second kappa shape index (κ2) is 5.28. The van der Waals surface area contributed by atoms with Gasteiger partial charge in [0, 0.05) is 12.1 Å². The fraction of sp³-hybridized carbons (Fsp3) is 0.500. The third kappa shape index (κ3) is 2.70. The van der Waals surface area contributed by atoms with Crippen LogP contribution in [0.2, 0.25) is 0 Å². The van der Waals surface area contributed by atoms with E-state index in [9.17, 15) is 14.3 Å². The van der Waals surface area contributed by atoms with Crippen molar-refractivity contribution in [2.45, 2.75) is 25.4 Å². The molecule has 1 aromatic rings. The zero-order chi connectivity index (χ0) is 14.9. The highest BCUT2D eigenvalue weighted by Crippen LogP contribution is 2.42. The van der Waals surface area contributed by atoms with Crippen LogP contribution in [0.1, 0.15) is 30.9 Å². The Morgan fingerprint density at radius 1 is 1.45 bits per heavy atom. The van der Waals surface area contributed by atoms with Gasteiger partial charge in [-0.3, -0.25) is 4.79 Å². The van der Waals surface area contributed by atoms with Crippen LogP contribution >= 0.6 is 0 Å². The van der Waals surface area contributed by atoms with E-state index in [0.717, 1.165) is 0 Å². The fourth-order valence-corrected chi connectivity index (χ4v) is 2.14. The summed E-state index contributed by atoms with van der Waals surface area (Å²) in [5.41, 5.74) is 4.62. The minimum absolute atomic E-state index is 0.0959. The van der Waals surface area contributed by atoms with Crippen LogP contribution < -0.4 is 15.2 Å². The van der Waals surface area contributed by atoms with Crippen molar-refractivity contribution in [1.29, 1.82) is 0 Å². The first kappa shape index (κ1) is 14.6. The Hall–Kier alpha value is -1.82. The summed E-state index contributed by atoms with van der Waals surface area (Å²) in [7, 11) is 0. The summed E-state index contributed by atoms with van der Waals surface area (Å²) in [5.74, 6) is -1.30. The van der Waals surface area contributed by atoms with Crippen LogP contribution in [-0.2, 0) is 10.5 Å². The van der Waals surface area contributed by atoms with E-state index in [-0.39, 0.29) is 6.54 Å². The number of hydrogen-bond donors (Lipinski definition) is 2. The van der Waals surface area contributed by atoms with Crippen molar-refractivity contribution >= 4 is 5.97 Å². The summed E-state index contributed by atoms with van der Waals surface area (Å²) < 4.78 is 25.1. The first-order valence-corrected chi connectivity index (χ1v) is 6.40. The standard InChI is InChI=1S/C14H18FNO4/c1-14(2,15)8-5-9(10(7-16)13(17)18)12-11(6-8)19-3-4-20-12/h5-6,10H,3-4,7,16H2,1-2H3,(H,17,18). The number of rotatable bonds is 4. The summed E-state index contributed by atoms with van der Waals surface area (Å²) in [6, 6.07) is 3.05. The number of halogens is 1. The zero-order valence-electron chi connectivity index (χ0n) is 11.5. The van der Waals surface area contributed by atoms with Gasteiger partial charge in [-0.15, -0.1) is 0 Å². The second-order valence-corrected chi connectivity index (χ2v) is 5.19. The Bertz CT molecular complexity index is 525. The van der Waals surface area contributed by atoms with Gasteiger partial charge in [0.2, 0.25) is 0 Å². The molecule has 110 valence electrons. The van der Waals surface area contributed by atoms with Crippen LogP contribution in [0, 0.1) is 0 Å². The second-order valence-electron chi connectivity index (χ2n) is 5.19. The van der Waals surface area contributed by atoms with Crippen molar-refractivity contribution in [1.82, 2.24) is 0 Å². The number of benzene rings is 1. The minimum atomic E-state index is -1.61. The maximum atomic E-state index is 14.2. The number of carboxylic acids is 1. The Morgan fingerprint density at radius 2 is 2.10 bits per heavy atom. The molecule has 0 spiro atoms. The monoisotopic (exact) mass is 283 g/mol. The van der Waals surface area contributed by atoms with Crippen molar-refractivity contribution in [2.75, 3.05) is 19.8 Å². The van der Waals surface area contributed by atoms with Crippen LogP contribution in [0.4, 0.5) is 4.39 Å². The molecule has 0 saturated carbocycles. The molecule has 1 atom stereocenters. The summed E-state index contributed by atoms with van der Waals surface area (Å²) in [6.45, 7) is 3.39. The number of aliphatic carboxylic acids is 1. The Labute approximate surface area is 116 Å². The molecule has 0 bridgehead atoms. The summed E-state index contributed by atoms with van der Waals surface area (Å²) in [4.78, 5) is 11.3. The van der Waals surface area contributed by atoms with Gasteiger partial charge < -0.3 is 20.3 Å². The van der Waals surface area contributed by atoms with Gasteiger partial charge in [0.05, 0.1) is 5.92 Å². The molecular formula is C14H18FNO4. The molecule has 0 radical (unpaired) electrons. The van der Waals surface area contributed by atoms with E-state index in [0.29, 0.717) is 35.8 Å². The highest BCUT2D eigenvalue weighted by Gasteiger charge is 2.30. The highest BCUT2D eigenvalue weighted by atomic mass is 19.1. The molecule has 0 amide bonds. The van der Waals surface area contributed by atoms with E-state index in [2.05, 4.69) is 0 Å². The largest absolute Gasteiger partial charge is 0.486 e. The smallest absolute Gasteiger partial charge is 0.312 e. The lowest BCUT2D eigenvalue weighted by Gasteiger charge is -2.26. The van der Waals surface area contributed by atoms with E-state index in [4.69, 9.17) is 15.2 Å². The van der Waals surface area contributed by atoms with Crippen molar-refractivity contribution in [3.05, 3.63) is 23.3 Å². The molecule has 3 N–H and O–H groups in total. The summed E-state index contributed by atoms with van der Waals surface area (Å²) >= 11 is 0. The van der Waals surface area contributed by atoms with Crippen LogP contribution in [0.25, 0.3) is 0 Å². The predicted octanol–water partition coefficient (Wildman–Crippen LogP) is 1.79. The predicted molar refractivity (Wildman–Crippen MR) is 71.0 cm³/mol. The van der Waals surface area contributed by atoms with Gasteiger partial charge >= 0.3 is 5.97 Å². The molecule has 1 heterocycles. The summed E-state index contributed by atoms with van der Waals surface area (Å²) in [6.07, 6.45) is 0. The fourth-order valence-electron chi connectivity index (χ4n) is 2.14. The molecule has 0 aliphatic carbocycles. The van der Waals surface area contributed by atoms with Gasteiger partial charge in [0.1, 0.15) is 18.9 Å². The number of carboxylic acid groups (broad SMARTS) is 1. The molecule has 20 heavy (non-hydrogen) atoms. The SMILES string of the molecule is CC(C)(F)c1cc2c(c(C(CN)C(=O)O)c1)OCCO2. The van der Waals surface area contributed by atoms with Gasteiger partial charge in [-0.05, 0) is 31.5 Å². The summed E-state index contributed by atoms with van der Waals surface area (Å²) in [5, 5.41) is 9.25. The number of alkyl halides is 1. The van der Waals surface area contributed by atoms with Crippen LogP contribution in [-0.4, -0.2) is 30.8 Å². The van der Waals surface area contributed by atoms with Crippen LogP contribution in [0.15, 0.2) is 12.1 Å². The molecule has 5 nitrogen and oxygen atoms in total. The molecule has 0 saturated heterocycles. The molecule has 6 heteroatoms. The van der Waals surface area contributed by atoms with Gasteiger partial charge in [-0.1, -0.05) is 0 Å². The van der Waals surface area contributed by atoms with Gasteiger partial charge in [0.15, 0.2) is 11.5 Å². The lowest BCUT2D eigenvalue weighted by Crippen LogP contribution is -2.25. The number of nitrogens with two attached hydrogens (primary N) is 1. The molecule has 1 unspecified atom stereocenters. The lowest BCUT2D eigenvalue weighted by molar-refractivity contribution is -0.138.